The maximum atomic E-state index is 13.2. The fourth-order valence-corrected chi connectivity index (χ4v) is 4.25. The monoisotopic (exact) mass is 468 g/mol. The molecule has 0 radical (unpaired) electrons. The Labute approximate surface area is 203 Å². The molecule has 0 spiro atoms. The summed E-state index contributed by atoms with van der Waals surface area (Å²) in [6, 6.07) is 20.0. The van der Waals surface area contributed by atoms with Gasteiger partial charge < -0.3 is 10.2 Å². The summed E-state index contributed by atoms with van der Waals surface area (Å²) in [5, 5.41) is 3.01. The van der Waals surface area contributed by atoms with E-state index in [4.69, 9.17) is 0 Å². The van der Waals surface area contributed by atoms with Crippen LogP contribution in [0.2, 0.25) is 0 Å². The lowest BCUT2D eigenvalue weighted by Crippen LogP contribution is -2.40. The fourth-order valence-electron chi connectivity index (χ4n) is 4.25. The highest BCUT2D eigenvalue weighted by atomic mass is 19.1. The Kier molecular flexibility index (Phi) is 6.70. The SMILES string of the molecule is O=C(NCc1cc(-c2ccc(F)cc2)ncn1)C1CCN(c2cc(-c3ccccc3)ncn2)CC1. The molecule has 3 heterocycles. The Morgan fingerprint density at radius 3 is 2.26 bits per heavy atom. The van der Waals surface area contributed by atoms with Gasteiger partial charge in [-0.25, -0.2) is 24.3 Å². The number of nitrogens with one attached hydrogen (secondary N) is 1. The molecule has 4 aromatic rings. The highest BCUT2D eigenvalue weighted by Crippen LogP contribution is 2.25. The number of carbonyl (C=O) groups is 1. The summed E-state index contributed by atoms with van der Waals surface area (Å²) in [6.07, 6.45) is 4.56. The maximum Gasteiger partial charge on any atom is 0.223 e. The number of amides is 1. The van der Waals surface area contributed by atoms with E-state index in [9.17, 15) is 9.18 Å². The van der Waals surface area contributed by atoms with Crippen molar-refractivity contribution >= 4 is 11.7 Å². The number of hydrogen-bond acceptors (Lipinski definition) is 6. The van der Waals surface area contributed by atoms with E-state index < -0.39 is 0 Å². The minimum Gasteiger partial charge on any atom is -0.356 e. The zero-order valence-electron chi connectivity index (χ0n) is 19.1. The van der Waals surface area contributed by atoms with Gasteiger partial charge in [0.25, 0.3) is 0 Å². The van der Waals surface area contributed by atoms with Gasteiger partial charge in [0.1, 0.15) is 24.3 Å². The van der Waals surface area contributed by atoms with Gasteiger partial charge in [-0.15, -0.1) is 0 Å². The molecular weight excluding hydrogens is 443 g/mol. The molecule has 35 heavy (non-hydrogen) atoms. The summed E-state index contributed by atoms with van der Waals surface area (Å²) in [6.45, 7) is 1.83. The third-order valence-corrected chi connectivity index (χ3v) is 6.22. The number of anilines is 1. The largest absolute Gasteiger partial charge is 0.356 e. The number of benzene rings is 2. The second kappa shape index (κ2) is 10.4. The average Bonchev–Trinajstić information content (AvgIpc) is 2.93. The van der Waals surface area contributed by atoms with Gasteiger partial charge in [0.2, 0.25) is 5.91 Å². The molecule has 176 valence electrons. The second-order valence-corrected chi connectivity index (χ2v) is 8.51. The van der Waals surface area contributed by atoms with Gasteiger partial charge in [0.05, 0.1) is 23.6 Å². The van der Waals surface area contributed by atoms with Crippen LogP contribution >= 0.6 is 0 Å². The van der Waals surface area contributed by atoms with Crippen molar-refractivity contribution in [3.8, 4) is 22.5 Å². The van der Waals surface area contributed by atoms with Crippen molar-refractivity contribution in [2.24, 2.45) is 5.92 Å². The van der Waals surface area contributed by atoms with Crippen molar-refractivity contribution in [3.63, 3.8) is 0 Å². The first kappa shape index (κ1) is 22.6. The number of hydrogen-bond donors (Lipinski definition) is 1. The molecule has 0 aliphatic carbocycles. The Hall–Kier alpha value is -4.20. The summed E-state index contributed by atoms with van der Waals surface area (Å²) >= 11 is 0. The number of piperidine rings is 1. The molecule has 1 aliphatic heterocycles. The van der Waals surface area contributed by atoms with Crippen LogP contribution in [0.25, 0.3) is 22.5 Å². The Morgan fingerprint density at radius 2 is 1.51 bits per heavy atom. The quantitative estimate of drug-likeness (QED) is 0.455. The molecule has 0 bridgehead atoms. The van der Waals surface area contributed by atoms with Crippen molar-refractivity contribution in [1.82, 2.24) is 25.3 Å². The summed E-state index contributed by atoms with van der Waals surface area (Å²) in [5.74, 6) is 0.559. The molecule has 0 atom stereocenters. The molecule has 1 fully saturated rings. The Morgan fingerprint density at radius 1 is 0.857 bits per heavy atom. The molecule has 0 unspecified atom stereocenters. The molecule has 2 aromatic heterocycles. The lowest BCUT2D eigenvalue weighted by Gasteiger charge is -2.32. The van der Waals surface area contributed by atoms with Crippen LogP contribution < -0.4 is 10.2 Å². The van der Waals surface area contributed by atoms with Gasteiger partial charge in [0.15, 0.2) is 0 Å². The van der Waals surface area contributed by atoms with E-state index >= 15 is 0 Å². The van der Waals surface area contributed by atoms with Crippen molar-refractivity contribution in [2.45, 2.75) is 19.4 Å². The van der Waals surface area contributed by atoms with Crippen LogP contribution in [-0.4, -0.2) is 38.9 Å². The fraction of sp³-hybridized carbons (Fsp3) is 0.222. The van der Waals surface area contributed by atoms with Crippen molar-refractivity contribution in [2.75, 3.05) is 18.0 Å². The molecule has 1 saturated heterocycles. The molecule has 1 aliphatic rings. The Balaban J connectivity index is 1.16. The maximum absolute atomic E-state index is 13.2. The number of carbonyl (C=O) groups excluding carboxylic acids is 1. The number of aromatic nitrogens is 4. The van der Waals surface area contributed by atoms with Crippen molar-refractivity contribution < 1.29 is 9.18 Å². The van der Waals surface area contributed by atoms with Crippen LogP contribution in [0.15, 0.2) is 79.4 Å². The van der Waals surface area contributed by atoms with E-state index in [0.717, 1.165) is 48.6 Å². The molecule has 1 N–H and O–H groups in total. The smallest absolute Gasteiger partial charge is 0.223 e. The lowest BCUT2D eigenvalue weighted by molar-refractivity contribution is -0.125. The highest BCUT2D eigenvalue weighted by molar-refractivity contribution is 5.79. The van der Waals surface area contributed by atoms with Gasteiger partial charge >= 0.3 is 0 Å². The number of halogens is 1. The van der Waals surface area contributed by atoms with Gasteiger partial charge in [0, 0.05) is 36.2 Å². The second-order valence-electron chi connectivity index (χ2n) is 8.51. The summed E-state index contributed by atoms with van der Waals surface area (Å²) in [5.41, 5.74) is 4.14. The van der Waals surface area contributed by atoms with E-state index in [1.807, 2.05) is 42.5 Å². The first-order valence-corrected chi connectivity index (χ1v) is 11.6. The molecular formula is C27H25FN6O. The van der Waals surface area contributed by atoms with Gasteiger partial charge in [-0.2, -0.15) is 0 Å². The van der Waals surface area contributed by atoms with Gasteiger partial charge in [-0.3, -0.25) is 4.79 Å². The van der Waals surface area contributed by atoms with E-state index in [1.165, 1.54) is 18.5 Å². The summed E-state index contributed by atoms with van der Waals surface area (Å²) in [4.78, 5) is 32.4. The van der Waals surface area contributed by atoms with E-state index in [-0.39, 0.29) is 17.6 Å². The minimum absolute atomic E-state index is 0.0271. The van der Waals surface area contributed by atoms with Crippen LogP contribution in [0.5, 0.6) is 0 Å². The number of rotatable bonds is 6. The lowest BCUT2D eigenvalue weighted by atomic mass is 9.96. The Bertz CT molecular complexity index is 1290. The van der Waals surface area contributed by atoms with Crippen LogP contribution in [0, 0.1) is 11.7 Å². The molecule has 2 aromatic carbocycles. The topological polar surface area (TPSA) is 83.9 Å². The minimum atomic E-state index is -0.294. The predicted molar refractivity (Wildman–Crippen MR) is 132 cm³/mol. The highest BCUT2D eigenvalue weighted by Gasteiger charge is 2.25. The number of nitrogens with zero attached hydrogens (tertiary/aromatic N) is 5. The normalized spacial score (nSPS) is 14.0. The first-order chi connectivity index (χ1) is 17.2. The molecule has 0 saturated carbocycles. The van der Waals surface area contributed by atoms with Gasteiger partial charge in [-0.1, -0.05) is 30.3 Å². The predicted octanol–water partition coefficient (Wildman–Crippen LogP) is 4.27. The van der Waals surface area contributed by atoms with E-state index in [2.05, 4.69) is 30.2 Å². The first-order valence-electron chi connectivity index (χ1n) is 11.6. The van der Waals surface area contributed by atoms with E-state index in [1.54, 1.807) is 18.5 Å². The molecule has 1 amide bonds. The third-order valence-electron chi connectivity index (χ3n) is 6.22. The zero-order chi connectivity index (χ0) is 24.0. The van der Waals surface area contributed by atoms with E-state index in [0.29, 0.717) is 17.9 Å². The van der Waals surface area contributed by atoms with Crippen LogP contribution in [0.4, 0.5) is 10.2 Å². The third kappa shape index (κ3) is 5.48. The van der Waals surface area contributed by atoms with Crippen molar-refractivity contribution in [1.29, 1.82) is 0 Å². The van der Waals surface area contributed by atoms with Crippen LogP contribution in [0.3, 0.4) is 0 Å². The molecule has 5 rings (SSSR count). The van der Waals surface area contributed by atoms with Gasteiger partial charge in [-0.05, 0) is 43.2 Å². The summed E-state index contributed by atoms with van der Waals surface area (Å²) in [7, 11) is 0. The standard InChI is InChI=1S/C27H25FN6O/c28-22-8-6-20(7-9-22)24-14-23(30-17-31-24)16-29-27(35)21-10-12-34(13-11-21)26-15-25(32-18-33-26)19-4-2-1-3-5-19/h1-9,14-15,17-18,21H,10-13,16H2,(H,29,35). The molecule has 7 nitrogen and oxygen atoms in total. The average molecular weight is 469 g/mol. The van der Waals surface area contributed by atoms with Crippen molar-refractivity contribution in [3.05, 3.63) is 90.9 Å². The molecule has 8 heteroatoms. The van der Waals surface area contributed by atoms with Crippen LogP contribution in [0.1, 0.15) is 18.5 Å². The summed E-state index contributed by atoms with van der Waals surface area (Å²) < 4.78 is 13.2. The van der Waals surface area contributed by atoms with Crippen LogP contribution in [-0.2, 0) is 11.3 Å². The zero-order valence-corrected chi connectivity index (χ0v) is 19.1.